The van der Waals surface area contributed by atoms with Gasteiger partial charge in [-0.1, -0.05) is 25.5 Å². The van der Waals surface area contributed by atoms with Crippen LogP contribution in [0.2, 0.25) is 0 Å². The molecule has 0 unspecified atom stereocenters. The maximum absolute atomic E-state index is 13.3. The molecule has 0 aliphatic carbocycles. The van der Waals surface area contributed by atoms with Crippen LogP contribution in [0.1, 0.15) is 25.3 Å². The van der Waals surface area contributed by atoms with Crippen molar-refractivity contribution in [3.63, 3.8) is 0 Å². The molecule has 0 bridgehead atoms. The van der Waals surface area contributed by atoms with Gasteiger partial charge in [0.05, 0.1) is 5.56 Å². The fourth-order valence-electron chi connectivity index (χ4n) is 2.58. The second kappa shape index (κ2) is 7.27. The number of aromatic nitrogens is 3. The molecule has 3 aromatic rings. The van der Waals surface area contributed by atoms with E-state index in [0.29, 0.717) is 17.7 Å². The maximum atomic E-state index is 13.3. The van der Waals surface area contributed by atoms with E-state index in [1.165, 1.54) is 30.6 Å². The Morgan fingerprint density at radius 1 is 0.962 bits per heavy atom. The highest BCUT2D eigenvalue weighted by Gasteiger charge is 2.31. The van der Waals surface area contributed by atoms with Crippen molar-refractivity contribution in [3.05, 3.63) is 60.2 Å². The van der Waals surface area contributed by atoms with Gasteiger partial charge in [-0.2, -0.15) is 18.3 Å². The summed E-state index contributed by atoms with van der Waals surface area (Å²) in [4.78, 5) is 4.14. The SMILES string of the molecule is CCCCn1cnc(-c2cc(-c3ccc(F)cc3)cc(C(F)(F)F)c2)n1. The summed E-state index contributed by atoms with van der Waals surface area (Å²) in [6, 6.07) is 8.99. The van der Waals surface area contributed by atoms with E-state index in [1.807, 2.05) is 6.92 Å². The van der Waals surface area contributed by atoms with Crippen molar-refractivity contribution in [3.8, 4) is 22.5 Å². The molecule has 0 atom stereocenters. The predicted molar refractivity (Wildman–Crippen MR) is 90.8 cm³/mol. The standard InChI is InChI=1S/C19H17F4N3/c1-2-3-8-26-12-24-18(25-26)15-9-14(10-16(11-15)19(21,22)23)13-4-6-17(20)7-5-13/h4-7,9-12H,2-3,8H2,1H3. The minimum atomic E-state index is -4.50. The zero-order chi connectivity index (χ0) is 18.7. The number of rotatable bonds is 5. The molecule has 2 aromatic carbocycles. The summed E-state index contributed by atoms with van der Waals surface area (Å²) in [6.07, 6.45) is -1.10. The summed E-state index contributed by atoms with van der Waals surface area (Å²) < 4.78 is 54.7. The molecule has 0 fully saturated rings. The topological polar surface area (TPSA) is 30.7 Å². The second-order valence-corrected chi connectivity index (χ2v) is 5.99. The fourth-order valence-corrected chi connectivity index (χ4v) is 2.58. The molecular weight excluding hydrogens is 346 g/mol. The molecule has 26 heavy (non-hydrogen) atoms. The third-order valence-corrected chi connectivity index (χ3v) is 3.97. The number of hydrogen-bond donors (Lipinski definition) is 0. The molecule has 0 spiro atoms. The molecule has 0 aliphatic heterocycles. The average Bonchev–Trinajstić information content (AvgIpc) is 3.08. The Bertz CT molecular complexity index is 883. The minimum Gasteiger partial charge on any atom is -0.252 e. The summed E-state index contributed by atoms with van der Waals surface area (Å²) >= 11 is 0. The lowest BCUT2D eigenvalue weighted by Crippen LogP contribution is -2.05. The number of halogens is 4. The van der Waals surface area contributed by atoms with E-state index in [0.717, 1.165) is 25.0 Å². The maximum Gasteiger partial charge on any atom is 0.416 e. The summed E-state index contributed by atoms with van der Waals surface area (Å²) in [7, 11) is 0. The lowest BCUT2D eigenvalue weighted by molar-refractivity contribution is -0.137. The molecule has 0 saturated carbocycles. The van der Waals surface area contributed by atoms with Crippen molar-refractivity contribution in [1.82, 2.24) is 14.8 Å². The number of nitrogens with zero attached hydrogens (tertiary/aromatic N) is 3. The van der Waals surface area contributed by atoms with Gasteiger partial charge >= 0.3 is 6.18 Å². The second-order valence-electron chi connectivity index (χ2n) is 5.99. The quantitative estimate of drug-likeness (QED) is 0.555. The van der Waals surface area contributed by atoms with Crippen LogP contribution in [0.3, 0.4) is 0 Å². The highest BCUT2D eigenvalue weighted by Crippen LogP contribution is 2.35. The minimum absolute atomic E-state index is 0.232. The number of benzene rings is 2. The van der Waals surface area contributed by atoms with Crippen LogP contribution in [0.5, 0.6) is 0 Å². The van der Waals surface area contributed by atoms with Gasteiger partial charge in [-0.15, -0.1) is 0 Å². The van der Waals surface area contributed by atoms with Gasteiger partial charge in [0.25, 0.3) is 0 Å². The van der Waals surface area contributed by atoms with E-state index >= 15 is 0 Å². The molecule has 3 nitrogen and oxygen atoms in total. The van der Waals surface area contributed by atoms with E-state index < -0.39 is 17.6 Å². The largest absolute Gasteiger partial charge is 0.416 e. The molecule has 0 aliphatic rings. The first-order valence-corrected chi connectivity index (χ1v) is 8.25. The first-order chi connectivity index (χ1) is 12.4. The van der Waals surface area contributed by atoms with Gasteiger partial charge in [0.1, 0.15) is 12.1 Å². The van der Waals surface area contributed by atoms with Crippen molar-refractivity contribution >= 4 is 0 Å². The lowest BCUT2D eigenvalue weighted by Gasteiger charge is -2.11. The van der Waals surface area contributed by atoms with E-state index in [4.69, 9.17) is 0 Å². The van der Waals surface area contributed by atoms with Crippen molar-refractivity contribution in [1.29, 1.82) is 0 Å². The highest BCUT2D eigenvalue weighted by molar-refractivity contribution is 5.71. The van der Waals surface area contributed by atoms with Crippen LogP contribution in [0.15, 0.2) is 48.8 Å². The average molecular weight is 363 g/mol. The molecule has 1 heterocycles. The van der Waals surface area contributed by atoms with Gasteiger partial charge in [0.15, 0.2) is 5.82 Å². The Balaban J connectivity index is 2.05. The van der Waals surface area contributed by atoms with Crippen LogP contribution in [0.4, 0.5) is 17.6 Å². The normalized spacial score (nSPS) is 11.7. The predicted octanol–water partition coefficient (Wildman–Crippen LogP) is 5.57. The third kappa shape index (κ3) is 4.09. The fraction of sp³-hybridized carbons (Fsp3) is 0.263. The Morgan fingerprint density at radius 3 is 2.31 bits per heavy atom. The van der Waals surface area contributed by atoms with E-state index in [1.54, 1.807) is 10.7 Å². The van der Waals surface area contributed by atoms with Gasteiger partial charge in [0.2, 0.25) is 0 Å². The first kappa shape index (κ1) is 18.1. The van der Waals surface area contributed by atoms with Crippen LogP contribution in [-0.4, -0.2) is 14.8 Å². The summed E-state index contributed by atoms with van der Waals surface area (Å²) in [5.41, 5.74) is 0.303. The summed E-state index contributed by atoms with van der Waals surface area (Å²) in [5, 5.41) is 4.27. The molecule has 136 valence electrons. The first-order valence-electron chi connectivity index (χ1n) is 8.25. The van der Waals surface area contributed by atoms with Crippen LogP contribution < -0.4 is 0 Å². The molecular formula is C19H17F4N3. The highest BCUT2D eigenvalue weighted by atomic mass is 19.4. The van der Waals surface area contributed by atoms with Gasteiger partial charge < -0.3 is 0 Å². The summed E-state index contributed by atoms with van der Waals surface area (Å²) in [6.45, 7) is 2.70. The number of aryl methyl sites for hydroxylation is 1. The van der Waals surface area contributed by atoms with Gasteiger partial charge in [-0.25, -0.2) is 9.37 Å². The number of alkyl halides is 3. The number of unbranched alkanes of at least 4 members (excludes halogenated alkanes) is 1. The zero-order valence-electron chi connectivity index (χ0n) is 14.1. The molecule has 0 radical (unpaired) electrons. The Labute approximate surface area is 148 Å². The molecule has 3 rings (SSSR count). The summed E-state index contributed by atoms with van der Waals surface area (Å²) in [5.74, 6) is -0.215. The van der Waals surface area contributed by atoms with Crippen LogP contribution >= 0.6 is 0 Å². The molecule has 0 amide bonds. The molecule has 0 N–H and O–H groups in total. The van der Waals surface area contributed by atoms with Crippen molar-refractivity contribution in [2.75, 3.05) is 0 Å². The molecule has 1 aromatic heterocycles. The van der Waals surface area contributed by atoms with Crippen molar-refractivity contribution < 1.29 is 17.6 Å². The zero-order valence-corrected chi connectivity index (χ0v) is 14.1. The smallest absolute Gasteiger partial charge is 0.252 e. The third-order valence-electron chi connectivity index (χ3n) is 3.97. The molecule has 0 saturated heterocycles. The Hall–Kier alpha value is -2.70. The van der Waals surface area contributed by atoms with E-state index in [-0.39, 0.29) is 11.4 Å². The lowest BCUT2D eigenvalue weighted by atomic mass is 9.99. The van der Waals surface area contributed by atoms with Gasteiger partial charge in [-0.3, -0.25) is 4.68 Å². The van der Waals surface area contributed by atoms with Crippen LogP contribution in [-0.2, 0) is 12.7 Å². The van der Waals surface area contributed by atoms with Crippen LogP contribution in [0.25, 0.3) is 22.5 Å². The van der Waals surface area contributed by atoms with Crippen molar-refractivity contribution in [2.24, 2.45) is 0 Å². The van der Waals surface area contributed by atoms with E-state index in [9.17, 15) is 17.6 Å². The monoisotopic (exact) mass is 363 g/mol. The molecule has 7 heteroatoms. The van der Waals surface area contributed by atoms with E-state index in [2.05, 4.69) is 10.1 Å². The van der Waals surface area contributed by atoms with Gasteiger partial charge in [-0.05, 0) is 47.9 Å². The number of hydrogen-bond acceptors (Lipinski definition) is 2. The Morgan fingerprint density at radius 2 is 1.65 bits per heavy atom. The van der Waals surface area contributed by atoms with Crippen molar-refractivity contribution in [2.45, 2.75) is 32.5 Å². The van der Waals surface area contributed by atoms with Gasteiger partial charge in [0, 0.05) is 12.1 Å². The van der Waals surface area contributed by atoms with Crippen LogP contribution in [0, 0.1) is 5.82 Å². The Kier molecular flexibility index (Phi) is 5.06.